The number of rotatable bonds is 11. The van der Waals surface area contributed by atoms with Gasteiger partial charge in [0.25, 0.3) is 15.9 Å². The second-order valence-electron chi connectivity index (χ2n) is 11.0. The molecule has 0 aliphatic heterocycles. The molecule has 0 spiro atoms. The minimum Gasteiger partial charge on any atom is -0.478 e. The molecule has 0 aromatic heterocycles. The molecular weight excluding hydrogens is 604 g/mol. The normalized spacial score (nSPS) is 11.3. The molecule has 0 saturated heterocycles. The summed E-state index contributed by atoms with van der Waals surface area (Å²) in [6.07, 6.45) is 0. The van der Waals surface area contributed by atoms with Crippen LogP contribution < -0.4 is 20.5 Å². The van der Waals surface area contributed by atoms with E-state index in [1.807, 2.05) is 26.0 Å². The van der Waals surface area contributed by atoms with Crippen molar-refractivity contribution in [2.45, 2.75) is 18.7 Å². The molecule has 5 aromatic rings. The van der Waals surface area contributed by atoms with Crippen LogP contribution in [0.25, 0.3) is 21.9 Å². The van der Waals surface area contributed by atoms with Gasteiger partial charge in [-0.1, -0.05) is 56.3 Å². The van der Waals surface area contributed by atoms with Gasteiger partial charge in [0.1, 0.15) is 17.3 Å². The van der Waals surface area contributed by atoms with Crippen LogP contribution in [0.4, 0.5) is 5.69 Å². The zero-order chi connectivity index (χ0) is 33.0. The first-order valence-corrected chi connectivity index (χ1v) is 15.8. The average Bonchev–Trinajstić information content (AvgIpc) is 3.04. The van der Waals surface area contributed by atoms with Crippen molar-refractivity contribution in [3.63, 3.8) is 0 Å². The number of hydrogen-bond acceptors (Lipinski definition) is 6. The largest absolute Gasteiger partial charge is 0.478 e. The number of amidine groups is 1. The number of amides is 1. The fraction of sp³-hybridized carbons (Fsp3) is 0.114. The topological polar surface area (TPSA) is 172 Å². The highest BCUT2D eigenvalue weighted by molar-refractivity contribution is 7.92. The number of ether oxygens (including phenoxy) is 1. The van der Waals surface area contributed by atoms with Gasteiger partial charge in [0.2, 0.25) is 0 Å². The van der Waals surface area contributed by atoms with E-state index in [0.717, 1.165) is 10.8 Å². The van der Waals surface area contributed by atoms with E-state index in [9.17, 15) is 23.1 Å². The first-order valence-electron chi connectivity index (χ1n) is 14.3. The maximum Gasteiger partial charge on any atom is 0.336 e. The predicted molar refractivity (Wildman–Crippen MR) is 178 cm³/mol. The van der Waals surface area contributed by atoms with Crippen LogP contribution >= 0.6 is 0 Å². The molecule has 5 aromatic carbocycles. The number of benzene rings is 5. The quantitative estimate of drug-likeness (QED) is 0.0817. The molecule has 11 heteroatoms. The third-order valence-electron chi connectivity index (χ3n) is 7.11. The average molecular weight is 637 g/mol. The van der Waals surface area contributed by atoms with E-state index < -0.39 is 21.9 Å². The number of fused-ring (bicyclic) bond motifs is 1. The number of carboxylic acids is 1. The standard InChI is InChI=1S/C35H32N4O6S/c1-21(2)20-38-34(40)25-11-14-29(31(18-25)35(41)42)30-19-26(39-46(43,44)28-6-4-3-5-7-28)12-15-32(30)45-27-13-10-22-16-24(33(36)37)9-8-23(22)17-27/h3-19,21,39H,20H2,1-2H3,(H3,36,37)(H,38,40)(H,41,42). The van der Waals surface area contributed by atoms with E-state index in [2.05, 4.69) is 10.0 Å². The number of nitrogen functional groups attached to an aromatic ring is 1. The molecule has 0 radical (unpaired) electrons. The van der Waals surface area contributed by atoms with Gasteiger partial charge in [0.15, 0.2) is 0 Å². The highest BCUT2D eigenvalue weighted by Gasteiger charge is 2.21. The highest BCUT2D eigenvalue weighted by Crippen LogP contribution is 2.39. The van der Waals surface area contributed by atoms with Gasteiger partial charge in [0, 0.05) is 34.5 Å². The lowest BCUT2D eigenvalue weighted by atomic mass is 9.96. The molecule has 46 heavy (non-hydrogen) atoms. The monoisotopic (exact) mass is 636 g/mol. The first kappa shape index (κ1) is 31.7. The van der Waals surface area contributed by atoms with Crippen molar-refractivity contribution in [3.8, 4) is 22.6 Å². The number of aromatic carboxylic acids is 1. The maximum absolute atomic E-state index is 13.1. The lowest BCUT2D eigenvalue weighted by Gasteiger charge is -2.17. The summed E-state index contributed by atoms with van der Waals surface area (Å²) in [6, 6.07) is 27.4. The molecule has 6 N–H and O–H groups in total. The Morgan fingerprint density at radius 2 is 1.54 bits per heavy atom. The zero-order valence-electron chi connectivity index (χ0n) is 25.1. The van der Waals surface area contributed by atoms with Crippen molar-refractivity contribution in [1.82, 2.24) is 5.32 Å². The highest BCUT2D eigenvalue weighted by atomic mass is 32.2. The maximum atomic E-state index is 13.1. The van der Waals surface area contributed by atoms with E-state index in [1.54, 1.807) is 48.5 Å². The van der Waals surface area contributed by atoms with Crippen LogP contribution in [-0.4, -0.2) is 37.8 Å². The minimum atomic E-state index is -3.96. The van der Waals surface area contributed by atoms with Crippen LogP contribution in [-0.2, 0) is 10.0 Å². The Balaban J connectivity index is 1.59. The second-order valence-corrected chi connectivity index (χ2v) is 12.7. The number of anilines is 1. The molecular formula is C35H32N4O6S. The van der Waals surface area contributed by atoms with Crippen LogP contribution in [0.15, 0.2) is 108 Å². The van der Waals surface area contributed by atoms with Crippen molar-refractivity contribution in [2.75, 3.05) is 11.3 Å². The zero-order valence-corrected chi connectivity index (χ0v) is 25.9. The molecule has 234 valence electrons. The summed E-state index contributed by atoms with van der Waals surface area (Å²) in [4.78, 5) is 25.3. The number of hydrogen-bond donors (Lipinski definition) is 5. The Labute approximate surface area is 266 Å². The van der Waals surface area contributed by atoms with Crippen LogP contribution in [0, 0.1) is 11.3 Å². The molecule has 0 aliphatic carbocycles. The summed E-state index contributed by atoms with van der Waals surface area (Å²) >= 11 is 0. The number of sulfonamides is 1. The van der Waals surface area contributed by atoms with Crippen LogP contribution in [0.5, 0.6) is 11.5 Å². The Kier molecular flexibility index (Phi) is 9.06. The third-order valence-corrected chi connectivity index (χ3v) is 8.51. The minimum absolute atomic E-state index is 0.0486. The summed E-state index contributed by atoms with van der Waals surface area (Å²) in [7, 11) is -3.96. The molecule has 0 fully saturated rings. The fourth-order valence-corrected chi connectivity index (χ4v) is 5.86. The van der Waals surface area contributed by atoms with E-state index in [1.165, 1.54) is 42.5 Å². The Morgan fingerprint density at radius 1 is 0.848 bits per heavy atom. The molecule has 10 nitrogen and oxygen atoms in total. The number of carboxylic acid groups (broad SMARTS) is 1. The Hall–Kier alpha value is -5.68. The number of carbonyl (C=O) groups excluding carboxylic acids is 1. The van der Waals surface area contributed by atoms with Crippen molar-refractivity contribution >= 4 is 44.2 Å². The van der Waals surface area contributed by atoms with Gasteiger partial charge >= 0.3 is 5.97 Å². The summed E-state index contributed by atoms with van der Waals surface area (Å²) in [5, 5.41) is 22.4. The number of carbonyl (C=O) groups is 2. The fourth-order valence-electron chi connectivity index (χ4n) is 4.78. The predicted octanol–water partition coefficient (Wildman–Crippen LogP) is 6.47. The molecule has 1 amide bonds. The Morgan fingerprint density at radius 3 is 2.24 bits per heavy atom. The van der Waals surface area contributed by atoms with E-state index in [-0.39, 0.29) is 50.3 Å². The first-order chi connectivity index (χ1) is 21.9. The van der Waals surface area contributed by atoms with Crippen molar-refractivity contribution in [1.29, 1.82) is 5.41 Å². The second kappa shape index (κ2) is 13.1. The summed E-state index contributed by atoms with van der Waals surface area (Å²) in [6.45, 7) is 4.32. The van der Waals surface area contributed by atoms with Gasteiger partial charge in [-0.15, -0.1) is 0 Å². The summed E-state index contributed by atoms with van der Waals surface area (Å²) < 4.78 is 35.1. The third kappa shape index (κ3) is 7.16. The SMILES string of the molecule is CC(C)CNC(=O)c1ccc(-c2cc(NS(=O)(=O)c3ccccc3)ccc2Oc2ccc3cc(C(=N)N)ccc3c2)c(C(=O)O)c1. The smallest absolute Gasteiger partial charge is 0.336 e. The lowest BCUT2D eigenvalue weighted by Crippen LogP contribution is -2.27. The molecule has 0 bridgehead atoms. The van der Waals surface area contributed by atoms with Gasteiger partial charge in [-0.05, 0) is 77.4 Å². The number of nitrogens with one attached hydrogen (secondary N) is 3. The van der Waals surface area contributed by atoms with Gasteiger partial charge in [-0.3, -0.25) is 14.9 Å². The lowest BCUT2D eigenvalue weighted by molar-refractivity contribution is 0.0697. The van der Waals surface area contributed by atoms with Gasteiger partial charge in [0.05, 0.1) is 10.5 Å². The molecule has 0 heterocycles. The van der Waals surface area contributed by atoms with Crippen molar-refractivity contribution < 1.29 is 27.9 Å². The summed E-state index contributed by atoms with van der Waals surface area (Å²) in [5.41, 5.74) is 6.90. The molecule has 0 atom stereocenters. The van der Waals surface area contributed by atoms with Crippen molar-refractivity contribution in [2.24, 2.45) is 11.7 Å². The van der Waals surface area contributed by atoms with E-state index in [4.69, 9.17) is 15.9 Å². The van der Waals surface area contributed by atoms with Crippen LogP contribution in [0.3, 0.4) is 0 Å². The Bertz CT molecular complexity index is 2080. The van der Waals surface area contributed by atoms with Gasteiger partial charge < -0.3 is 20.9 Å². The van der Waals surface area contributed by atoms with Crippen LogP contribution in [0.1, 0.15) is 40.1 Å². The van der Waals surface area contributed by atoms with Gasteiger partial charge in [-0.25, -0.2) is 13.2 Å². The molecule has 0 saturated carbocycles. The number of nitrogens with two attached hydrogens (primary N) is 1. The van der Waals surface area contributed by atoms with Crippen molar-refractivity contribution in [3.05, 3.63) is 120 Å². The van der Waals surface area contributed by atoms with Crippen LogP contribution in [0.2, 0.25) is 0 Å². The molecule has 0 aliphatic rings. The summed E-state index contributed by atoms with van der Waals surface area (Å²) in [5.74, 6) is -0.845. The molecule has 0 unspecified atom stereocenters. The molecule has 5 rings (SSSR count). The van der Waals surface area contributed by atoms with E-state index >= 15 is 0 Å². The van der Waals surface area contributed by atoms with Gasteiger partial charge in [-0.2, -0.15) is 0 Å². The van der Waals surface area contributed by atoms with E-state index in [0.29, 0.717) is 17.9 Å².